The number of carbonyl (C=O) groups is 2. The maximum Gasteiger partial charge on any atom is 0.321 e. The Labute approximate surface area is 158 Å². The Morgan fingerprint density at radius 2 is 1.81 bits per heavy atom. The number of sulfonamides is 1. The molecule has 1 aromatic rings. The van der Waals surface area contributed by atoms with Gasteiger partial charge in [0.15, 0.2) is 0 Å². The number of benzene rings is 1. The van der Waals surface area contributed by atoms with E-state index in [1.807, 2.05) is 4.90 Å². The van der Waals surface area contributed by atoms with Crippen molar-refractivity contribution in [2.24, 2.45) is 0 Å². The van der Waals surface area contributed by atoms with Crippen molar-refractivity contribution >= 4 is 33.6 Å². The van der Waals surface area contributed by atoms with Crippen LogP contribution >= 0.6 is 11.6 Å². The van der Waals surface area contributed by atoms with E-state index >= 15 is 0 Å². The Kier molecular flexibility index (Phi) is 6.99. The molecule has 0 radical (unpaired) electrons. The monoisotopic (exact) mass is 402 g/mol. The predicted molar refractivity (Wildman–Crippen MR) is 98.5 cm³/mol. The van der Waals surface area contributed by atoms with Crippen LogP contribution in [0.1, 0.15) is 13.8 Å². The lowest BCUT2D eigenvalue weighted by atomic mass is 10.2. The van der Waals surface area contributed by atoms with E-state index in [4.69, 9.17) is 11.6 Å². The standard InChI is InChI=1S/C16H23ClN4O4S/c1-3-18-16(23)19-15(22)12(2)20-8-10-21(11-9-20)26(24,25)14-7-5-4-6-13(14)17/h4-7,12H,3,8-11H2,1-2H3,(H2,18,19,22,23). The lowest BCUT2D eigenvalue weighted by molar-refractivity contribution is -0.125. The van der Waals surface area contributed by atoms with Crippen LogP contribution in [-0.2, 0) is 14.8 Å². The van der Waals surface area contributed by atoms with Crippen LogP contribution in [0.3, 0.4) is 0 Å². The molecule has 8 nitrogen and oxygen atoms in total. The van der Waals surface area contributed by atoms with Gasteiger partial charge in [-0.25, -0.2) is 13.2 Å². The third kappa shape index (κ3) is 4.73. The Morgan fingerprint density at radius 1 is 1.19 bits per heavy atom. The first kappa shape index (κ1) is 20.6. The van der Waals surface area contributed by atoms with Gasteiger partial charge >= 0.3 is 6.03 Å². The molecular weight excluding hydrogens is 380 g/mol. The maximum atomic E-state index is 12.7. The van der Waals surface area contributed by atoms with E-state index < -0.39 is 28.0 Å². The van der Waals surface area contributed by atoms with E-state index in [2.05, 4.69) is 10.6 Å². The van der Waals surface area contributed by atoms with Crippen LogP contribution in [0, 0.1) is 0 Å². The highest BCUT2D eigenvalue weighted by atomic mass is 35.5. The van der Waals surface area contributed by atoms with E-state index in [0.717, 1.165) is 0 Å². The quantitative estimate of drug-likeness (QED) is 0.761. The van der Waals surface area contributed by atoms with Crippen LogP contribution in [0.15, 0.2) is 29.2 Å². The largest absolute Gasteiger partial charge is 0.338 e. The first-order valence-corrected chi connectivity index (χ1v) is 10.2. The van der Waals surface area contributed by atoms with E-state index in [0.29, 0.717) is 19.6 Å². The minimum atomic E-state index is -3.68. The molecule has 0 aliphatic carbocycles. The van der Waals surface area contributed by atoms with E-state index in [9.17, 15) is 18.0 Å². The lowest BCUT2D eigenvalue weighted by Crippen LogP contribution is -2.56. The summed E-state index contributed by atoms with van der Waals surface area (Å²) in [5, 5.41) is 4.95. The molecule has 3 amide bonds. The second kappa shape index (κ2) is 8.81. The van der Waals surface area contributed by atoms with Crippen LogP contribution in [-0.4, -0.2) is 68.3 Å². The SMILES string of the molecule is CCNC(=O)NC(=O)C(C)N1CCN(S(=O)(=O)c2ccccc2Cl)CC1. The number of urea groups is 1. The Balaban J connectivity index is 1.97. The first-order chi connectivity index (χ1) is 12.3. The average Bonchev–Trinajstić information content (AvgIpc) is 2.61. The summed E-state index contributed by atoms with van der Waals surface area (Å²) >= 11 is 6.02. The zero-order valence-corrected chi connectivity index (χ0v) is 16.3. The van der Waals surface area contributed by atoms with Gasteiger partial charge in [0.05, 0.1) is 11.1 Å². The third-order valence-corrected chi connectivity index (χ3v) is 6.63. The Bertz CT molecular complexity index is 763. The molecule has 1 aliphatic rings. The summed E-state index contributed by atoms with van der Waals surface area (Å²) in [6.07, 6.45) is 0. The summed E-state index contributed by atoms with van der Waals surface area (Å²) in [6, 6.07) is 5.24. The molecule has 1 atom stereocenters. The molecule has 1 fully saturated rings. The summed E-state index contributed by atoms with van der Waals surface area (Å²) in [5.41, 5.74) is 0. The van der Waals surface area contributed by atoms with Crippen LogP contribution < -0.4 is 10.6 Å². The zero-order chi connectivity index (χ0) is 19.3. The molecule has 1 unspecified atom stereocenters. The van der Waals surface area contributed by atoms with Gasteiger partial charge in [-0.3, -0.25) is 15.0 Å². The van der Waals surface area contributed by atoms with Gasteiger partial charge in [-0.05, 0) is 26.0 Å². The van der Waals surface area contributed by atoms with Gasteiger partial charge in [-0.15, -0.1) is 0 Å². The van der Waals surface area contributed by atoms with Crippen LogP contribution in [0.2, 0.25) is 5.02 Å². The molecule has 2 N–H and O–H groups in total. The summed E-state index contributed by atoms with van der Waals surface area (Å²) in [7, 11) is -3.68. The second-order valence-electron chi connectivity index (χ2n) is 5.90. The number of piperazine rings is 1. The van der Waals surface area contributed by atoms with Gasteiger partial charge in [0.25, 0.3) is 0 Å². The molecule has 26 heavy (non-hydrogen) atoms. The third-order valence-electron chi connectivity index (χ3n) is 4.23. The van der Waals surface area contributed by atoms with Gasteiger partial charge in [0, 0.05) is 32.7 Å². The van der Waals surface area contributed by atoms with E-state index in [1.54, 1.807) is 32.0 Å². The van der Waals surface area contributed by atoms with Crippen molar-refractivity contribution < 1.29 is 18.0 Å². The molecule has 1 aromatic carbocycles. The fourth-order valence-electron chi connectivity index (χ4n) is 2.71. The normalized spacial score (nSPS) is 17.5. The number of halogens is 1. The number of amides is 3. The molecule has 1 aliphatic heterocycles. The molecule has 0 spiro atoms. The minimum Gasteiger partial charge on any atom is -0.338 e. The first-order valence-electron chi connectivity index (χ1n) is 8.34. The number of rotatable bonds is 5. The molecule has 2 rings (SSSR count). The highest BCUT2D eigenvalue weighted by Gasteiger charge is 2.33. The van der Waals surface area contributed by atoms with Crippen LogP contribution in [0.4, 0.5) is 4.79 Å². The molecule has 0 bridgehead atoms. The summed E-state index contributed by atoms with van der Waals surface area (Å²) in [5.74, 6) is -0.418. The fourth-order valence-corrected chi connectivity index (χ4v) is 4.63. The van der Waals surface area contributed by atoms with Crippen molar-refractivity contribution in [1.82, 2.24) is 19.8 Å². The smallest absolute Gasteiger partial charge is 0.321 e. The van der Waals surface area contributed by atoms with Gasteiger partial charge in [0.2, 0.25) is 15.9 Å². The van der Waals surface area contributed by atoms with Crippen LogP contribution in [0.5, 0.6) is 0 Å². The van der Waals surface area contributed by atoms with Gasteiger partial charge < -0.3 is 5.32 Å². The summed E-state index contributed by atoms with van der Waals surface area (Å²) in [4.78, 5) is 25.5. The maximum absolute atomic E-state index is 12.7. The van der Waals surface area contributed by atoms with Crippen molar-refractivity contribution in [3.8, 4) is 0 Å². The molecule has 0 aromatic heterocycles. The van der Waals surface area contributed by atoms with Crippen molar-refractivity contribution in [2.45, 2.75) is 24.8 Å². The van der Waals surface area contributed by atoms with Crippen LogP contribution in [0.25, 0.3) is 0 Å². The fraction of sp³-hybridized carbons (Fsp3) is 0.500. The number of hydrogen-bond acceptors (Lipinski definition) is 5. The number of hydrogen-bond donors (Lipinski definition) is 2. The number of nitrogens with one attached hydrogen (secondary N) is 2. The minimum absolute atomic E-state index is 0.0807. The van der Waals surface area contributed by atoms with E-state index in [-0.39, 0.29) is 23.0 Å². The van der Waals surface area contributed by atoms with Crippen molar-refractivity contribution in [2.75, 3.05) is 32.7 Å². The molecule has 1 saturated heterocycles. The molecule has 1 heterocycles. The molecule has 144 valence electrons. The Morgan fingerprint density at radius 3 is 2.38 bits per heavy atom. The van der Waals surface area contributed by atoms with Crippen molar-refractivity contribution in [1.29, 1.82) is 0 Å². The van der Waals surface area contributed by atoms with Gasteiger partial charge in [-0.1, -0.05) is 23.7 Å². The number of carbonyl (C=O) groups excluding carboxylic acids is 2. The number of imide groups is 1. The predicted octanol–water partition coefficient (Wildman–Crippen LogP) is 0.881. The van der Waals surface area contributed by atoms with E-state index in [1.165, 1.54) is 10.4 Å². The Hall–Kier alpha value is -1.68. The van der Waals surface area contributed by atoms with Gasteiger partial charge in [-0.2, -0.15) is 4.31 Å². The zero-order valence-electron chi connectivity index (χ0n) is 14.7. The highest BCUT2D eigenvalue weighted by Crippen LogP contribution is 2.25. The summed E-state index contributed by atoms with van der Waals surface area (Å²) < 4.78 is 26.8. The number of nitrogens with zero attached hydrogens (tertiary/aromatic N) is 2. The van der Waals surface area contributed by atoms with Crippen molar-refractivity contribution in [3.05, 3.63) is 29.3 Å². The average molecular weight is 403 g/mol. The molecule has 10 heteroatoms. The molecule has 0 saturated carbocycles. The topological polar surface area (TPSA) is 98.8 Å². The molecular formula is C16H23ClN4O4S. The highest BCUT2D eigenvalue weighted by molar-refractivity contribution is 7.89. The lowest BCUT2D eigenvalue weighted by Gasteiger charge is -2.36. The second-order valence-corrected chi connectivity index (χ2v) is 8.21. The van der Waals surface area contributed by atoms with Gasteiger partial charge in [0.1, 0.15) is 4.90 Å². The van der Waals surface area contributed by atoms with Crippen molar-refractivity contribution in [3.63, 3.8) is 0 Å². The summed E-state index contributed by atoms with van der Waals surface area (Å²) in [6.45, 7) is 5.12.